The van der Waals surface area contributed by atoms with Gasteiger partial charge in [-0.05, 0) is 12.3 Å². The topological polar surface area (TPSA) is 9.23 Å². The molecule has 0 aliphatic rings. The highest BCUT2D eigenvalue weighted by Crippen LogP contribution is 2.25. The van der Waals surface area contributed by atoms with Gasteiger partial charge in [0, 0.05) is 5.33 Å². The monoisotopic (exact) mass is 262 g/mol. The van der Waals surface area contributed by atoms with Crippen molar-refractivity contribution in [3.05, 3.63) is 0 Å². The fraction of sp³-hybridized carbons (Fsp3) is 1.00. The Kier molecular flexibility index (Phi) is 4.72. The summed E-state index contributed by atoms with van der Waals surface area (Å²) >= 11 is 3.21. The Labute approximate surface area is 84.8 Å². The van der Waals surface area contributed by atoms with Crippen molar-refractivity contribution in [2.75, 3.05) is 11.9 Å². The van der Waals surface area contributed by atoms with Crippen molar-refractivity contribution in [2.24, 2.45) is 5.41 Å². The SMILES string of the molecule is CC(OCC(C)(C)CBr)C(F)(F)F. The summed E-state index contributed by atoms with van der Waals surface area (Å²) in [6.07, 6.45) is -5.95. The Morgan fingerprint density at radius 2 is 1.77 bits per heavy atom. The Bertz CT molecular complexity index is 156. The number of hydrogen-bond acceptors (Lipinski definition) is 1. The van der Waals surface area contributed by atoms with Crippen LogP contribution in [0, 0.1) is 5.41 Å². The first-order valence-corrected chi connectivity index (χ1v) is 5.05. The Morgan fingerprint density at radius 1 is 1.31 bits per heavy atom. The first-order valence-electron chi connectivity index (χ1n) is 3.93. The molecule has 0 bridgehead atoms. The quantitative estimate of drug-likeness (QED) is 0.706. The van der Waals surface area contributed by atoms with E-state index in [1.807, 2.05) is 13.8 Å². The molecule has 1 nitrogen and oxygen atoms in total. The van der Waals surface area contributed by atoms with Crippen molar-refractivity contribution in [1.29, 1.82) is 0 Å². The third-order valence-corrected chi connectivity index (χ3v) is 3.06. The molecule has 13 heavy (non-hydrogen) atoms. The third-order valence-electron chi connectivity index (χ3n) is 1.55. The molecule has 0 aliphatic heterocycles. The van der Waals surface area contributed by atoms with Gasteiger partial charge in [-0.15, -0.1) is 0 Å². The maximum absolute atomic E-state index is 12.0. The van der Waals surface area contributed by atoms with Gasteiger partial charge < -0.3 is 4.74 Å². The summed E-state index contributed by atoms with van der Waals surface area (Å²) in [4.78, 5) is 0. The minimum atomic E-state index is -4.26. The average molecular weight is 263 g/mol. The Hall–Kier alpha value is 0.230. The smallest absolute Gasteiger partial charge is 0.368 e. The normalized spacial score (nSPS) is 15.9. The predicted octanol–water partition coefficient (Wildman–Crippen LogP) is 3.37. The third kappa shape index (κ3) is 5.52. The second-order valence-corrected chi connectivity index (χ2v) is 4.35. The van der Waals surface area contributed by atoms with Crippen LogP contribution in [0.25, 0.3) is 0 Å². The van der Waals surface area contributed by atoms with E-state index in [9.17, 15) is 13.2 Å². The van der Waals surface area contributed by atoms with E-state index in [0.29, 0.717) is 5.33 Å². The molecule has 0 fully saturated rings. The lowest BCUT2D eigenvalue weighted by molar-refractivity contribution is -0.219. The van der Waals surface area contributed by atoms with Crippen molar-refractivity contribution in [1.82, 2.24) is 0 Å². The van der Waals surface area contributed by atoms with Crippen LogP contribution in [-0.4, -0.2) is 24.2 Å². The second-order valence-electron chi connectivity index (χ2n) is 3.79. The van der Waals surface area contributed by atoms with Crippen LogP contribution >= 0.6 is 15.9 Å². The average Bonchev–Trinajstić information content (AvgIpc) is 1.98. The van der Waals surface area contributed by atoms with Gasteiger partial charge in [-0.25, -0.2) is 0 Å². The maximum atomic E-state index is 12.0. The van der Waals surface area contributed by atoms with Gasteiger partial charge in [-0.2, -0.15) is 13.2 Å². The van der Waals surface area contributed by atoms with E-state index < -0.39 is 12.3 Å². The number of rotatable bonds is 4. The van der Waals surface area contributed by atoms with E-state index in [-0.39, 0.29) is 12.0 Å². The van der Waals surface area contributed by atoms with Crippen molar-refractivity contribution in [3.8, 4) is 0 Å². The molecule has 0 aliphatic carbocycles. The molecule has 0 amide bonds. The van der Waals surface area contributed by atoms with Gasteiger partial charge in [-0.3, -0.25) is 0 Å². The molecule has 0 rings (SSSR count). The van der Waals surface area contributed by atoms with E-state index in [1.54, 1.807) is 0 Å². The predicted molar refractivity (Wildman–Crippen MR) is 49.0 cm³/mol. The molecule has 0 radical (unpaired) electrons. The van der Waals surface area contributed by atoms with Gasteiger partial charge in [0.25, 0.3) is 0 Å². The highest BCUT2D eigenvalue weighted by atomic mass is 79.9. The number of ether oxygens (including phenoxy) is 1. The van der Waals surface area contributed by atoms with Gasteiger partial charge in [0.05, 0.1) is 6.61 Å². The molecule has 0 saturated carbocycles. The molecule has 1 unspecified atom stereocenters. The maximum Gasteiger partial charge on any atom is 0.414 e. The number of alkyl halides is 4. The summed E-state index contributed by atoms with van der Waals surface area (Å²) in [5.74, 6) is 0. The first kappa shape index (κ1) is 13.2. The molecule has 5 heteroatoms. The van der Waals surface area contributed by atoms with Crippen LogP contribution in [0.5, 0.6) is 0 Å². The molecule has 0 spiro atoms. The lowest BCUT2D eigenvalue weighted by atomic mass is 9.98. The van der Waals surface area contributed by atoms with Gasteiger partial charge in [-0.1, -0.05) is 29.8 Å². The summed E-state index contributed by atoms with van der Waals surface area (Å²) in [5, 5.41) is 0.616. The van der Waals surface area contributed by atoms with Crippen molar-refractivity contribution in [2.45, 2.75) is 33.1 Å². The summed E-state index contributed by atoms with van der Waals surface area (Å²) in [6, 6.07) is 0. The zero-order valence-electron chi connectivity index (χ0n) is 7.91. The van der Waals surface area contributed by atoms with E-state index in [4.69, 9.17) is 4.74 Å². The van der Waals surface area contributed by atoms with Gasteiger partial charge in [0.2, 0.25) is 0 Å². The highest BCUT2D eigenvalue weighted by Gasteiger charge is 2.37. The Morgan fingerprint density at radius 3 is 2.08 bits per heavy atom. The molecule has 0 heterocycles. The van der Waals surface area contributed by atoms with Crippen molar-refractivity contribution in [3.63, 3.8) is 0 Å². The van der Waals surface area contributed by atoms with E-state index in [1.165, 1.54) is 0 Å². The standard InChI is InChI=1S/C8H14BrF3O/c1-6(8(10,11)12)13-5-7(2,3)4-9/h6H,4-5H2,1-3H3. The lowest BCUT2D eigenvalue weighted by Crippen LogP contribution is -2.33. The minimum Gasteiger partial charge on any atom is -0.368 e. The Balaban J connectivity index is 3.90. The first-order chi connectivity index (χ1) is 5.69. The zero-order chi connectivity index (χ0) is 10.7. The summed E-state index contributed by atoms with van der Waals surface area (Å²) < 4.78 is 40.7. The fourth-order valence-electron chi connectivity index (χ4n) is 0.484. The lowest BCUT2D eigenvalue weighted by Gasteiger charge is -2.25. The fourth-order valence-corrected chi connectivity index (χ4v) is 0.646. The van der Waals surface area contributed by atoms with Crippen LogP contribution in [0.15, 0.2) is 0 Å². The molecular weight excluding hydrogens is 249 g/mol. The minimum absolute atomic E-state index is 0.0962. The highest BCUT2D eigenvalue weighted by molar-refractivity contribution is 9.09. The second kappa shape index (κ2) is 4.64. The number of hydrogen-bond donors (Lipinski definition) is 0. The van der Waals surface area contributed by atoms with E-state index >= 15 is 0 Å². The van der Waals surface area contributed by atoms with Gasteiger partial charge in [0.1, 0.15) is 0 Å². The van der Waals surface area contributed by atoms with Crippen LogP contribution in [0.1, 0.15) is 20.8 Å². The van der Waals surface area contributed by atoms with E-state index in [0.717, 1.165) is 6.92 Å². The van der Waals surface area contributed by atoms with Gasteiger partial charge in [0.15, 0.2) is 6.10 Å². The van der Waals surface area contributed by atoms with Gasteiger partial charge >= 0.3 is 6.18 Å². The van der Waals surface area contributed by atoms with Crippen molar-refractivity contribution < 1.29 is 17.9 Å². The van der Waals surface area contributed by atoms with Crippen LogP contribution in [0.2, 0.25) is 0 Å². The van der Waals surface area contributed by atoms with Crippen LogP contribution in [0.4, 0.5) is 13.2 Å². The number of halogens is 4. The molecule has 0 aromatic carbocycles. The molecule has 0 N–H and O–H groups in total. The summed E-state index contributed by atoms with van der Waals surface area (Å²) in [5.41, 5.74) is -0.264. The summed E-state index contributed by atoms with van der Waals surface area (Å²) in [6.45, 7) is 4.79. The van der Waals surface area contributed by atoms with E-state index in [2.05, 4.69) is 15.9 Å². The molecule has 0 aromatic heterocycles. The summed E-state index contributed by atoms with van der Waals surface area (Å²) in [7, 11) is 0. The zero-order valence-corrected chi connectivity index (χ0v) is 9.50. The molecule has 0 saturated heterocycles. The van der Waals surface area contributed by atoms with Crippen LogP contribution in [0.3, 0.4) is 0 Å². The molecular formula is C8H14BrF3O. The molecule has 80 valence electrons. The van der Waals surface area contributed by atoms with Crippen LogP contribution < -0.4 is 0 Å². The largest absolute Gasteiger partial charge is 0.414 e. The van der Waals surface area contributed by atoms with Crippen molar-refractivity contribution >= 4 is 15.9 Å². The van der Waals surface area contributed by atoms with Crippen LogP contribution in [-0.2, 0) is 4.74 Å². The molecule has 1 atom stereocenters. The molecule has 0 aromatic rings.